The molecule has 1 heterocycles. The zero-order valence-electron chi connectivity index (χ0n) is 11.5. The number of rotatable bonds is 7. The predicted octanol–water partition coefficient (Wildman–Crippen LogP) is 3.32. The lowest BCUT2D eigenvalue weighted by Crippen LogP contribution is -2.28. The largest absolute Gasteiger partial charge is 0.359 e. The van der Waals surface area contributed by atoms with E-state index < -0.39 is 0 Å². The zero-order valence-corrected chi connectivity index (χ0v) is 13.0. The van der Waals surface area contributed by atoms with E-state index in [9.17, 15) is 0 Å². The molecule has 0 aliphatic rings. The van der Waals surface area contributed by atoms with Gasteiger partial charge in [0.2, 0.25) is 5.13 Å². The van der Waals surface area contributed by atoms with Crippen LogP contribution in [0.5, 0.6) is 0 Å². The number of hydrogen-bond acceptors (Lipinski definition) is 5. The molecule has 2 aromatic rings. The minimum absolute atomic E-state index is 0.170. The summed E-state index contributed by atoms with van der Waals surface area (Å²) in [5.41, 5.74) is 7.11. The third-order valence-electron chi connectivity index (χ3n) is 2.92. The van der Waals surface area contributed by atoms with E-state index in [0.717, 1.165) is 47.3 Å². The van der Waals surface area contributed by atoms with Crippen LogP contribution in [0.4, 0.5) is 5.13 Å². The molecule has 1 atom stereocenters. The van der Waals surface area contributed by atoms with Crippen LogP contribution in [0.3, 0.4) is 0 Å². The molecule has 0 bridgehead atoms. The van der Waals surface area contributed by atoms with Crippen molar-refractivity contribution in [1.29, 1.82) is 0 Å². The van der Waals surface area contributed by atoms with E-state index in [0.29, 0.717) is 0 Å². The van der Waals surface area contributed by atoms with Crippen molar-refractivity contribution in [3.63, 3.8) is 0 Å². The SMILES string of the molecule is CCCC(N)CNc1nc(Cc2ccc(Cl)cc2)ns1. The van der Waals surface area contributed by atoms with Gasteiger partial charge in [-0.2, -0.15) is 4.37 Å². The molecule has 3 N–H and O–H groups in total. The Morgan fingerprint density at radius 1 is 1.35 bits per heavy atom. The van der Waals surface area contributed by atoms with Crippen LogP contribution in [0.2, 0.25) is 5.02 Å². The molecule has 0 spiro atoms. The number of hydrogen-bond donors (Lipinski definition) is 2. The summed E-state index contributed by atoms with van der Waals surface area (Å²) < 4.78 is 4.35. The predicted molar refractivity (Wildman–Crippen MR) is 85.5 cm³/mol. The highest BCUT2D eigenvalue weighted by Gasteiger charge is 2.07. The first-order valence-electron chi connectivity index (χ1n) is 6.74. The van der Waals surface area contributed by atoms with Crippen molar-refractivity contribution in [2.24, 2.45) is 5.73 Å². The number of halogens is 1. The van der Waals surface area contributed by atoms with E-state index in [1.165, 1.54) is 11.5 Å². The Morgan fingerprint density at radius 2 is 2.10 bits per heavy atom. The molecular weight excluding hydrogens is 292 g/mol. The average Bonchev–Trinajstić information content (AvgIpc) is 2.87. The van der Waals surface area contributed by atoms with E-state index >= 15 is 0 Å². The topological polar surface area (TPSA) is 63.8 Å². The lowest BCUT2D eigenvalue weighted by atomic mass is 10.1. The highest BCUT2D eigenvalue weighted by Crippen LogP contribution is 2.16. The maximum atomic E-state index is 5.96. The van der Waals surface area contributed by atoms with Crippen molar-refractivity contribution in [2.45, 2.75) is 32.2 Å². The monoisotopic (exact) mass is 310 g/mol. The second kappa shape index (κ2) is 7.57. The molecule has 0 saturated heterocycles. The van der Waals surface area contributed by atoms with Crippen LogP contribution in [0.15, 0.2) is 24.3 Å². The minimum atomic E-state index is 0.170. The van der Waals surface area contributed by atoms with Gasteiger partial charge in [-0.05, 0) is 24.1 Å². The molecule has 6 heteroatoms. The van der Waals surface area contributed by atoms with E-state index in [4.69, 9.17) is 17.3 Å². The fourth-order valence-electron chi connectivity index (χ4n) is 1.87. The van der Waals surface area contributed by atoms with Crippen molar-refractivity contribution >= 4 is 28.3 Å². The zero-order chi connectivity index (χ0) is 14.4. The van der Waals surface area contributed by atoms with Crippen molar-refractivity contribution in [3.05, 3.63) is 40.7 Å². The van der Waals surface area contributed by atoms with E-state index in [1.807, 2.05) is 24.3 Å². The van der Waals surface area contributed by atoms with Gasteiger partial charge in [0.1, 0.15) is 5.82 Å². The quantitative estimate of drug-likeness (QED) is 0.823. The second-order valence-corrected chi connectivity index (χ2v) is 5.94. The molecule has 0 aliphatic carbocycles. The molecule has 4 nitrogen and oxygen atoms in total. The molecule has 0 radical (unpaired) electrons. The second-order valence-electron chi connectivity index (χ2n) is 4.75. The molecule has 20 heavy (non-hydrogen) atoms. The summed E-state index contributed by atoms with van der Waals surface area (Å²) in [4.78, 5) is 4.47. The Labute approximate surface area is 128 Å². The van der Waals surface area contributed by atoms with Gasteiger partial charge in [-0.25, -0.2) is 4.98 Å². The summed E-state index contributed by atoms with van der Waals surface area (Å²) >= 11 is 7.24. The van der Waals surface area contributed by atoms with Gasteiger partial charge in [0.25, 0.3) is 0 Å². The van der Waals surface area contributed by atoms with Crippen molar-refractivity contribution < 1.29 is 0 Å². The summed E-state index contributed by atoms with van der Waals surface area (Å²) in [6.07, 6.45) is 2.83. The summed E-state index contributed by atoms with van der Waals surface area (Å²) in [6.45, 7) is 2.87. The maximum absolute atomic E-state index is 5.96. The first-order chi connectivity index (χ1) is 9.67. The van der Waals surface area contributed by atoms with Crippen LogP contribution in [-0.4, -0.2) is 21.9 Å². The van der Waals surface area contributed by atoms with Gasteiger partial charge in [-0.15, -0.1) is 0 Å². The van der Waals surface area contributed by atoms with E-state index in [-0.39, 0.29) is 6.04 Å². The summed E-state index contributed by atoms with van der Waals surface area (Å²) in [6, 6.07) is 7.92. The Hall–Kier alpha value is -1.17. The minimum Gasteiger partial charge on any atom is -0.359 e. The van der Waals surface area contributed by atoms with Gasteiger partial charge in [-0.3, -0.25) is 0 Å². The first-order valence-corrected chi connectivity index (χ1v) is 7.89. The van der Waals surface area contributed by atoms with Crippen LogP contribution < -0.4 is 11.1 Å². The molecule has 0 saturated carbocycles. The van der Waals surface area contributed by atoms with Crippen LogP contribution in [0.25, 0.3) is 0 Å². The maximum Gasteiger partial charge on any atom is 0.202 e. The van der Waals surface area contributed by atoms with E-state index in [1.54, 1.807) is 0 Å². The summed E-state index contributed by atoms with van der Waals surface area (Å²) in [7, 11) is 0. The third kappa shape index (κ3) is 4.74. The lowest BCUT2D eigenvalue weighted by Gasteiger charge is -2.09. The van der Waals surface area contributed by atoms with Crippen molar-refractivity contribution in [2.75, 3.05) is 11.9 Å². The van der Waals surface area contributed by atoms with Gasteiger partial charge < -0.3 is 11.1 Å². The normalized spacial score (nSPS) is 12.3. The molecule has 0 fully saturated rings. The van der Waals surface area contributed by atoms with Gasteiger partial charge in [0.05, 0.1) is 0 Å². The van der Waals surface area contributed by atoms with Gasteiger partial charge >= 0.3 is 0 Å². The van der Waals surface area contributed by atoms with Gasteiger partial charge in [0, 0.05) is 35.6 Å². The first kappa shape index (κ1) is 15.2. The number of nitrogens with zero attached hydrogens (tertiary/aromatic N) is 2. The summed E-state index contributed by atoms with van der Waals surface area (Å²) in [5, 5.41) is 4.82. The number of nitrogens with one attached hydrogen (secondary N) is 1. The number of aromatic nitrogens is 2. The Kier molecular flexibility index (Phi) is 5.76. The molecule has 1 unspecified atom stereocenters. The highest BCUT2D eigenvalue weighted by atomic mass is 35.5. The summed E-state index contributed by atoms with van der Waals surface area (Å²) in [5.74, 6) is 0.823. The van der Waals surface area contributed by atoms with Crippen molar-refractivity contribution in [3.8, 4) is 0 Å². The smallest absolute Gasteiger partial charge is 0.202 e. The van der Waals surface area contributed by atoms with Crippen LogP contribution in [-0.2, 0) is 6.42 Å². The Morgan fingerprint density at radius 3 is 2.80 bits per heavy atom. The van der Waals surface area contributed by atoms with Crippen LogP contribution >= 0.6 is 23.1 Å². The van der Waals surface area contributed by atoms with Gasteiger partial charge in [-0.1, -0.05) is 37.1 Å². The third-order valence-corrected chi connectivity index (χ3v) is 3.88. The lowest BCUT2D eigenvalue weighted by molar-refractivity contribution is 0.626. The molecular formula is C14H19ClN4S. The fraction of sp³-hybridized carbons (Fsp3) is 0.429. The molecule has 0 amide bonds. The number of nitrogens with two attached hydrogens (primary N) is 1. The van der Waals surface area contributed by atoms with Gasteiger partial charge in [0.15, 0.2) is 0 Å². The van der Waals surface area contributed by atoms with Crippen molar-refractivity contribution in [1.82, 2.24) is 9.36 Å². The molecule has 1 aromatic heterocycles. The number of anilines is 1. The standard InChI is InChI=1S/C14H19ClN4S/c1-2-3-12(16)9-17-14-18-13(19-20-14)8-10-4-6-11(15)7-5-10/h4-7,12H,2-3,8-9,16H2,1H3,(H,17,18,19). The fourth-order valence-corrected chi connectivity index (χ4v) is 2.59. The molecule has 108 valence electrons. The van der Waals surface area contributed by atoms with Crippen LogP contribution in [0.1, 0.15) is 31.2 Å². The highest BCUT2D eigenvalue weighted by molar-refractivity contribution is 7.09. The molecule has 2 rings (SSSR count). The Bertz CT molecular complexity index is 526. The van der Waals surface area contributed by atoms with Crippen LogP contribution in [0, 0.1) is 0 Å². The number of benzene rings is 1. The molecule has 1 aromatic carbocycles. The molecule has 0 aliphatic heterocycles. The van der Waals surface area contributed by atoms with E-state index in [2.05, 4.69) is 21.6 Å². The average molecular weight is 311 g/mol. The Balaban J connectivity index is 1.87.